The smallest absolute Gasteiger partial charge is 0.335 e. The summed E-state index contributed by atoms with van der Waals surface area (Å²) >= 11 is 13.5. The predicted octanol–water partition coefficient (Wildman–Crippen LogP) is 3.95. The van der Waals surface area contributed by atoms with E-state index in [9.17, 15) is 9.59 Å². The van der Waals surface area contributed by atoms with Crippen molar-refractivity contribution >= 4 is 52.7 Å². The van der Waals surface area contributed by atoms with Gasteiger partial charge >= 0.3 is 12.0 Å². The van der Waals surface area contributed by atoms with Gasteiger partial charge in [0.25, 0.3) is 0 Å². The molecular formula is C13H16Cl2N2O3S. The van der Waals surface area contributed by atoms with Crippen LogP contribution < -0.4 is 10.6 Å². The van der Waals surface area contributed by atoms with E-state index in [0.29, 0.717) is 6.54 Å². The Kier molecular flexibility index (Phi) is 6.19. The van der Waals surface area contributed by atoms with Crippen molar-refractivity contribution in [2.75, 3.05) is 18.1 Å². The van der Waals surface area contributed by atoms with Crippen molar-refractivity contribution in [3.05, 3.63) is 27.7 Å². The quantitative estimate of drug-likeness (QED) is 0.750. The summed E-state index contributed by atoms with van der Waals surface area (Å²) in [6.45, 7) is 4.46. The first kappa shape index (κ1) is 17.9. The molecule has 21 heavy (non-hydrogen) atoms. The fraction of sp³-hybridized carbons (Fsp3) is 0.385. The Morgan fingerprint density at radius 3 is 2.24 bits per heavy atom. The zero-order chi connectivity index (χ0) is 16.2. The first-order chi connectivity index (χ1) is 9.66. The molecule has 0 saturated carbocycles. The topological polar surface area (TPSA) is 78.4 Å². The number of halogens is 2. The highest BCUT2D eigenvalue weighted by Crippen LogP contribution is 2.32. The van der Waals surface area contributed by atoms with Crippen LogP contribution in [0.2, 0.25) is 10.0 Å². The van der Waals surface area contributed by atoms with Crippen molar-refractivity contribution < 1.29 is 14.7 Å². The van der Waals surface area contributed by atoms with Gasteiger partial charge in [-0.25, -0.2) is 9.59 Å². The predicted molar refractivity (Wildman–Crippen MR) is 88.0 cm³/mol. The van der Waals surface area contributed by atoms with Gasteiger partial charge in [0, 0.05) is 11.3 Å². The van der Waals surface area contributed by atoms with E-state index < -0.39 is 12.0 Å². The summed E-state index contributed by atoms with van der Waals surface area (Å²) in [4.78, 5) is 22.7. The largest absolute Gasteiger partial charge is 0.478 e. The van der Waals surface area contributed by atoms with Gasteiger partial charge in [0.2, 0.25) is 0 Å². The average Bonchev–Trinajstić information content (AvgIpc) is 2.40. The number of thioether (sulfide) groups is 1. The van der Waals surface area contributed by atoms with Gasteiger partial charge in [0.15, 0.2) is 0 Å². The number of hydrogen-bond acceptors (Lipinski definition) is 3. The lowest BCUT2D eigenvalue weighted by molar-refractivity contribution is 0.0697. The third kappa shape index (κ3) is 5.30. The minimum Gasteiger partial charge on any atom is -0.478 e. The van der Waals surface area contributed by atoms with Crippen LogP contribution in [0.3, 0.4) is 0 Å². The first-order valence-corrected chi connectivity index (χ1v) is 7.96. The Hall–Kier alpha value is -1.11. The Morgan fingerprint density at radius 1 is 1.29 bits per heavy atom. The molecule has 2 amide bonds. The fourth-order valence-electron chi connectivity index (χ4n) is 1.34. The highest BCUT2D eigenvalue weighted by Gasteiger charge is 2.18. The normalized spacial score (nSPS) is 11.1. The van der Waals surface area contributed by atoms with Crippen LogP contribution in [0.4, 0.5) is 10.5 Å². The maximum atomic E-state index is 11.8. The molecule has 0 unspecified atom stereocenters. The summed E-state index contributed by atoms with van der Waals surface area (Å²) in [6, 6.07) is 2.01. The summed E-state index contributed by atoms with van der Waals surface area (Å²) < 4.78 is -0.0991. The monoisotopic (exact) mass is 350 g/mol. The van der Waals surface area contributed by atoms with E-state index in [4.69, 9.17) is 28.3 Å². The van der Waals surface area contributed by atoms with Gasteiger partial charge < -0.3 is 15.7 Å². The van der Waals surface area contributed by atoms with Crippen molar-refractivity contribution in [3.63, 3.8) is 0 Å². The summed E-state index contributed by atoms with van der Waals surface area (Å²) in [7, 11) is 0. The Balaban J connectivity index is 2.79. The van der Waals surface area contributed by atoms with Crippen LogP contribution in [-0.2, 0) is 0 Å². The van der Waals surface area contributed by atoms with Gasteiger partial charge in [-0.1, -0.05) is 23.2 Å². The van der Waals surface area contributed by atoms with Gasteiger partial charge in [0.05, 0.1) is 21.3 Å². The molecule has 0 aliphatic rings. The molecule has 0 atom stereocenters. The third-order valence-corrected chi connectivity index (χ3v) is 4.60. The molecule has 0 bridgehead atoms. The Bertz CT molecular complexity index is 541. The van der Waals surface area contributed by atoms with Crippen LogP contribution in [0, 0.1) is 0 Å². The van der Waals surface area contributed by atoms with Crippen LogP contribution in [0.15, 0.2) is 12.1 Å². The zero-order valence-corrected chi connectivity index (χ0v) is 14.1. The minimum atomic E-state index is -1.14. The lowest BCUT2D eigenvalue weighted by atomic mass is 10.2. The lowest BCUT2D eigenvalue weighted by Crippen LogP contribution is -2.38. The number of anilines is 1. The number of amides is 2. The number of urea groups is 1. The molecule has 1 rings (SSSR count). The van der Waals surface area contributed by atoms with E-state index in [1.54, 1.807) is 11.8 Å². The SMILES string of the molecule is CSC(C)(C)CNC(=O)Nc1c(Cl)cc(C(=O)O)cc1Cl. The molecule has 0 heterocycles. The van der Waals surface area contributed by atoms with Gasteiger partial charge in [-0.3, -0.25) is 0 Å². The van der Waals surface area contributed by atoms with Crippen molar-refractivity contribution in [3.8, 4) is 0 Å². The fourth-order valence-corrected chi connectivity index (χ4v) is 2.14. The molecule has 0 aromatic heterocycles. The summed E-state index contributed by atoms with van der Waals surface area (Å²) in [5.41, 5.74) is 0.141. The molecule has 8 heteroatoms. The van der Waals surface area contributed by atoms with Crippen molar-refractivity contribution in [1.82, 2.24) is 5.32 Å². The number of benzene rings is 1. The van der Waals surface area contributed by atoms with Gasteiger partial charge in [0.1, 0.15) is 0 Å². The van der Waals surface area contributed by atoms with Crippen LogP contribution in [0.5, 0.6) is 0 Å². The first-order valence-electron chi connectivity index (χ1n) is 5.98. The molecule has 0 aliphatic heterocycles. The molecule has 1 aromatic rings. The van der Waals surface area contributed by atoms with E-state index in [1.165, 1.54) is 12.1 Å². The number of carbonyl (C=O) groups is 2. The maximum Gasteiger partial charge on any atom is 0.335 e. The number of carboxylic acids is 1. The Morgan fingerprint density at radius 2 is 1.81 bits per heavy atom. The molecule has 1 aromatic carbocycles. The lowest BCUT2D eigenvalue weighted by Gasteiger charge is -2.22. The van der Waals surface area contributed by atoms with E-state index in [-0.39, 0.29) is 26.0 Å². The van der Waals surface area contributed by atoms with Crippen LogP contribution in [0.1, 0.15) is 24.2 Å². The van der Waals surface area contributed by atoms with E-state index in [1.807, 2.05) is 20.1 Å². The maximum absolute atomic E-state index is 11.8. The second-order valence-corrected chi connectivity index (χ2v) is 7.22. The van der Waals surface area contributed by atoms with E-state index in [0.717, 1.165) is 0 Å². The number of carboxylic acid groups (broad SMARTS) is 1. The standard InChI is InChI=1S/C13H16Cl2N2O3S/c1-13(2,21-3)6-16-12(20)17-10-8(14)4-7(11(18)19)5-9(10)15/h4-5H,6H2,1-3H3,(H,18,19)(H2,16,17,20). The number of rotatable bonds is 5. The summed E-state index contributed by atoms with van der Waals surface area (Å²) in [5.74, 6) is -1.14. The summed E-state index contributed by atoms with van der Waals surface area (Å²) in [5, 5.41) is 14.3. The Labute approximate surface area is 137 Å². The molecular weight excluding hydrogens is 335 g/mol. The second-order valence-electron chi connectivity index (χ2n) is 4.89. The van der Waals surface area contributed by atoms with Gasteiger partial charge in [-0.2, -0.15) is 11.8 Å². The van der Waals surface area contributed by atoms with Crippen molar-refractivity contribution in [1.29, 1.82) is 0 Å². The van der Waals surface area contributed by atoms with Crippen LogP contribution in [-0.4, -0.2) is 34.7 Å². The molecule has 0 spiro atoms. The molecule has 0 aliphatic carbocycles. The molecule has 5 nitrogen and oxygen atoms in total. The van der Waals surface area contributed by atoms with E-state index in [2.05, 4.69) is 10.6 Å². The van der Waals surface area contributed by atoms with Crippen LogP contribution in [0.25, 0.3) is 0 Å². The van der Waals surface area contributed by atoms with Crippen molar-refractivity contribution in [2.24, 2.45) is 0 Å². The molecule has 0 radical (unpaired) electrons. The molecule has 3 N–H and O–H groups in total. The number of hydrogen-bond donors (Lipinski definition) is 3. The van der Waals surface area contributed by atoms with E-state index >= 15 is 0 Å². The highest BCUT2D eigenvalue weighted by atomic mass is 35.5. The number of carbonyl (C=O) groups excluding carboxylic acids is 1. The second kappa shape index (κ2) is 7.24. The molecule has 116 valence electrons. The zero-order valence-electron chi connectivity index (χ0n) is 11.8. The molecule has 0 saturated heterocycles. The van der Waals surface area contributed by atoms with Gasteiger partial charge in [-0.05, 0) is 32.2 Å². The molecule has 0 fully saturated rings. The number of nitrogens with one attached hydrogen (secondary N) is 2. The minimum absolute atomic E-state index is 0.0422. The third-order valence-electron chi connectivity index (χ3n) is 2.75. The number of aromatic carboxylic acids is 1. The van der Waals surface area contributed by atoms with Crippen LogP contribution >= 0.6 is 35.0 Å². The van der Waals surface area contributed by atoms with Gasteiger partial charge in [-0.15, -0.1) is 0 Å². The highest BCUT2D eigenvalue weighted by molar-refractivity contribution is 7.99. The summed E-state index contributed by atoms with van der Waals surface area (Å²) in [6.07, 6.45) is 1.96. The average molecular weight is 351 g/mol. The van der Waals surface area contributed by atoms with Crippen molar-refractivity contribution in [2.45, 2.75) is 18.6 Å².